The molecule has 0 radical (unpaired) electrons. The lowest BCUT2D eigenvalue weighted by atomic mass is 10.1. The number of amides is 1. The van der Waals surface area contributed by atoms with Crippen LogP contribution in [0.5, 0.6) is 11.5 Å². The average molecular weight is 447 g/mol. The van der Waals surface area contributed by atoms with E-state index in [1.54, 1.807) is 17.0 Å². The molecule has 1 amide bonds. The number of anilines is 1. The maximum absolute atomic E-state index is 13.5. The number of hydrogen-bond acceptors (Lipinski definition) is 5. The monoisotopic (exact) mass is 446 g/mol. The molecule has 2 aromatic carbocycles. The molecule has 0 atom stereocenters. The molecule has 1 fully saturated rings. The third kappa shape index (κ3) is 5.50. The van der Waals surface area contributed by atoms with Crippen LogP contribution in [-0.2, 0) is 16.6 Å². The summed E-state index contributed by atoms with van der Waals surface area (Å²) in [6, 6.07) is 12.5. The Morgan fingerprint density at radius 3 is 2.10 bits per heavy atom. The van der Waals surface area contributed by atoms with E-state index in [0.29, 0.717) is 35.8 Å². The summed E-state index contributed by atoms with van der Waals surface area (Å²) in [5.74, 6) is 0.559. The van der Waals surface area contributed by atoms with E-state index in [0.717, 1.165) is 37.5 Å². The molecule has 1 aliphatic rings. The summed E-state index contributed by atoms with van der Waals surface area (Å²) in [7, 11) is -0.706. The van der Waals surface area contributed by atoms with Gasteiger partial charge < -0.3 is 14.4 Å². The van der Waals surface area contributed by atoms with Crippen molar-refractivity contribution in [1.82, 2.24) is 4.90 Å². The van der Waals surface area contributed by atoms with Gasteiger partial charge in [-0.1, -0.05) is 43.2 Å². The first kappa shape index (κ1) is 22.9. The first-order valence-corrected chi connectivity index (χ1v) is 12.3. The van der Waals surface area contributed by atoms with Crippen LogP contribution in [0.25, 0.3) is 0 Å². The van der Waals surface area contributed by atoms with Gasteiger partial charge in [0.15, 0.2) is 11.5 Å². The molecule has 0 aliphatic carbocycles. The Kier molecular flexibility index (Phi) is 7.43. The van der Waals surface area contributed by atoms with E-state index in [1.807, 2.05) is 30.3 Å². The zero-order valence-electron chi connectivity index (χ0n) is 18.3. The molecule has 0 saturated carbocycles. The average Bonchev–Trinajstić information content (AvgIpc) is 3.05. The van der Waals surface area contributed by atoms with Crippen LogP contribution in [-0.4, -0.2) is 52.8 Å². The molecule has 0 bridgehead atoms. The first-order chi connectivity index (χ1) is 14.8. The van der Waals surface area contributed by atoms with Crippen molar-refractivity contribution in [2.75, 3.05) is 37.9 Å². The third-order valence-electron chi connectivity index (χ3n) is 5.46. The second-order valence-electron chi connectivity index (χ2n) is 7.69. The summed E-state index contributed by atoms with van der Waals surface area (Å²) in [6.45, 7) is 1.42. The van der Waals surface area contributed by atoms with E-state index in [-0.39, 0.29) is 12.5 Å². The Morgan fingerprint density at radius 1 is 0.968 bits per heavy atom. The zero-order chi connectivity index (χ0) is 22.4. The molecule has 0 spiro atoms. The number of ether oxygens (including phenoxy) is 2. The first-order valence-electron chi connectivity index (χ1n) is 10.4. The highest BCUT2D eigenvalue weighted by atomic mass is 32.2. The fourth-order valence-electron chi connectivity index (χ4n) is 3.82. The van der Waals surface area contributed by atoms with Gasteiger partial charge in [-0.3, -0.25) is 9.10 Å². The molecule has 168 valence electrons. The van der Waals surface area contributed by atoms with Crippen molar-refractivity contribution in [3.63, 3.8) is 0 Å². The summed E-state index contributed by atoms with van der Waals surface area (Å²) in [4.78, 5) is 15.3. The number of nitrogens with zero attached hydrogens (tertiary/aromatic N) is 2. The summed E-state index contributed by atoms with van der Waals surface area (Å²) < 4.78 is 37.7. The molecular weight excluding hydrogens is 416 g/mol. The number of methoxy groups -OCH3 is 2. The molecule has 1 heterocycles. The van der Waals surface area contributed by atoms with Gasteiger partial charge in [0.2, 0.25) is 10.0 Å². The SMILES string of the molecule is COc1cc(C(=O)N2CCCCCC2)c(N(Cc2ccccc2)S(C)(=O)=O)cc1OC. The summed E-state index contributed by atoms with van der Waals surface area (Å²) in [5.41, 5.74) is 1.40. The van der Waals surface area contributed by atoms with E-state index in [9.17, 15) is 13.2 Å². The molecule has 7 nitrogen and oxygen atoms in total. The number of likely N-dealkylation sites (tertiary alicyclic amines) is 1. The van der Waals surface area contributed by atoms with E-state index >= 15 is 0 Å². The summed E-state index contributed by atoms with van der Waals surface area (Å²) >= 11 is 0. The van der Waals surface area contributed by atoms with Gasteiger partial charge in [-0.25, -0.2) is 8.42 Å². The maximum Gasteiger partial charge on any atom is 0.256 e. The lowest BCUT2D eigenvalue weighted by Crippen LogP contribution is -2.35. The van der Waals surface area contributed by atoms with Crippen molar-refractivity contribution in [2.24, 2.45) is 0 Å². The molecule has 0 aromatic heterocycles. The summed E-state index contributed by atoms with van der Waals surface area (Å²) in [5, 5.41) is 0. The number of benzene rings is 2. The number of sulfonamides is 1. The van der Waals surface area contributed by atoms with E-state index in [4.69, 9.17) is 9.47 Å². The molecule has 1 saturated heterocycles. The van der Waals surface area contributed by atoms with Gasteiger partial charge in [-0.15, -0.1) is 0 Å². The van der Waals surface area contributed by atoms with Crippen molar-refractivity contribution < 1.29 is 22.7 Å². The highest BCUT2D eigenvalue weighted by Gasteiger charge is 2.29. The molecule has 31 heavy (non-hydrogen) atoms. The second kappa shape index (κ2) is 10.0. The van der Waals surface area contributed by atoms with Gasteiger partial charge in [0, 0.05) is 19.2 Å². The fourth-order valence-corrected chi connectivity index (χ4v) is 4.71. The highest BCUT2D eigenvalue weighted by molar-refractivity contribution is 7.92. The Hall–Kier alpha value is -2.74. The van der Waals surface area contributed by atoms with Gasteiger partial charge in [-0.05, 0) is 24.5 Å². The van der Waals surface area contributed by atoms with Gasteiger partial charge >= 0.3 is 0 Å². The summed E-state index contributed by atoms with van der Waals surface area (Å²) in [6.07, 6.45) is 5.20. The number of hydrogen-bond donors (Lipinski definition) is 0. The predicted octanol–water partition coefficient (Wildman–Crippen LogP) is 3.69. The Bertz CT molecular complexity index is 1000. The topological polar surface area (TPSA) is 76.2 Å². The van der Waals surface area contributed by atoms with Crippen LogP contribution in [0.1, 0.15) is 41.6 Å². The van der Waals surface area contributed by atoms with E-state index < -0.39 is 10.0 Å². The molecule has 2 aromatic rings. The Balaban J connectivity index is 2.13. The molecule has 8 heteroatoms. The smallest absolute Gasteiger partial charge is 0.256 e. The maximum atomic E-state index is 13.5. The second-order valence-corrected chi connectivity index (χ2v) is 9.59. The number of carbonyl (C=O) groups is 1. The lowest BCUT2D eigenvalue weighted by molar-refractivity contribution is 0.0762. The van der Waals surface area contributed by atoms with E-state index in [1.165, 1.54) is 18.5 Å². The van der Waals surface area contributed by atoms with Crippen molar-refractivity contribution in [1.29, 1.82) is 0 Å². The molecule has 1 aliphatic heterocycles. The van der Waals surface area contributed by atoms with Crippen LogP contribution in [0.4, 0.5) is 5.69 Å². The minimum absolute atomic E-state index is 0.107. The van der Waals surface area contributed by atoms with Gasteiger partial charge in [0.25, 0.3) is 5.91 Å². The van der Waals surface area contributed by atoms with Crippen LogP contribution in [0.15, 0.2) is 42.5 Å². The normalized spacial score (nSPS) is 14.6. The minimum atomic E-state index is -3.69. The van der Waals surface area contributed by atoms with Gasteiger partial charge in [0.05, 0.1) is 38.3 Å². The highest BCUT2D eigenvalue weighted by Crippen LogP contribution is 2.37. The molecule has 0 N–H and O–H groups in total. The standard InChI is InChI=1S/C23H30N2O5S/c1-29-21-15-19(23(26)24-13-9-4-5-10-14-24)20(16-22(21)30-2)25(31(3,27)28)17-18-11-7-6-8-12-18/h6-8,11-12,15-16H,4-5,9-10,13-14,17H2,1-3H3. The van der Waals surface area contributed by atoms with Crippen LogP contribution in [0, 0.1) is 0 Å². The van der Waals surface area contributed by atoms with Crippen molar-refractivity contribution >= 4 is 21.6 Å². The third-order valence-corrected chi connectivity index (χ3v) is 6.59. The van der Waals surface area contributed by atoms with Gasteiger partial charge in [-0.2, -0.15) is 0 Å². The van der Waals surface area contributed by atoms with Crippen molar-refractivity contribution in [3.8, 4) is 11.5 Å². The largest absolute Gasteiger partial charge is 0.493 e. The number of rotatable bonds is 7. The van der Waals surface area contributed by atoms with Crippen molar-refractivity contribution in [2.45, 2.75) is 32.2 Å². The fraction of sp³-hybridized carbons (Fsp3) is 0.435. The number of carbonyl (C=O) groups excluding carboxylic acids is 1. The van der Waals surface area contributed by atoms with Gasteiger partial charge in [0.1, 0.15) is 0 Å². The van der Waals surface area contributed by atoms with Crippen LogP contribution >= 0.6 is 0 Å². The Labute approximate surface area is 184 Å². The minimum Gasteiger partial charge on any atom is -0.493 e. The van der Waals surface area contributed by atoms with Crippen molar-refractivity contribution in [3.05, 3.63) is 53.6 Å². The quantitative estimate of drug-likeness (QED) is 0.648. The van der Waals surface area contributed by atoms with E-state index in [2.05, 4.69) is 0 Å². The van der Waals surface area contributed by atoms with Crippen LogP contribution in [0.2, 0.25) is 0 Å². The van der Waals surface area contributed by atoms with Crippen LogP contribution < -0.4 is 13.8 Å². The predicted molar refractivity (Wildman–Crippen MR) is 121 cm³/mol. The molecule has 3 rings (SSSR count). The lowest BCUT2D eigenvalue weighted by Gasteiger charge is -2.28. The van der Waals surface area contributed by atoms with Crippen LogP contribution in [0.3, 0.4) is 0 Å². The molecular formula is C23H30N2O5S. The Morgan fingerprint density at radius 2 is 1.55 bits per heavy atom. The molecule has 0 unspecified atom stereocenters. The zero-order valence-corrected chi connectivity index (χ0v) is 19.2.